The number of carbonyl (C=O) groups is 1. The predicted octanol–water partition coefficient (Wildman–Crippen LogP) is 2.62. The van der Waals surface area contributed by atoms with Gasteiger partial charge in [-0.3, -0.25) is 4.98 Å². The second-order valence-electron chi connectivity index (χ2n) is 2.06. The molecule has 1 atom stereocenters. The van der Waals surface area contributed by atoms with E-state index in [2.05, 4.69) is 36.8 Å². The third-order valence-electron chi connectivity index (χ3n) is 1.22. The zero-order valence-electron chi connectivity index (χ0n) is 5.80. The monoisotopic (exact) mass is 295 g/mol. The summed E-state index contributed by atoms with van der Waals surface area (Å²) in [5, 5.41) is 0. The van der Waals surface area contributed by atoms with E-state index in [1.807, 2.05) is 0 Å². The summed E-state index contributed by atoms with van der Waals surface area (Å²) in [6.45, 7) is 0. The van der Waals surface area contributed by atoms with Gasteiger partial charge in [0, 0.05) is 10.7 Å². The average molecular weight is 297 g/mol. The molecule has 64 valence electrons. The highest BCUT2D eigenvalue weighted by Crippen LogP contribution is 2.22. The molecule has 0 aliphatic heterocycles. The standard InChI is InChI=1S/C7H4Br2FNO/c8-4-1-6(10)7(11-2-4)5(9)3-12/h1-3,5H. The number of alkyl halides is 1. The highest BCUT2D eigenvalue weighted by Gasteiger charge is 2.12. The Bertz CT molecular complexity index is 305. The minimum atomic E-state index is -0.675. The Morgan fingerprint density at radius 3 is 2.83 bits per heavy atom. The minimum absolute atomic E-state index is 0.105. The van der Waals surface area contributed by atoms with E-state index >= 15 is 0 Å². The molecule has 1 unspecified atom stereocenters. The number of hydrogen-bond donors (Lipinski definition) is 0. The second kappa shape index (κ2) is 4.09. The van der Waals surface area contributed by atoms with Gasteiger partial charge in [-0.15, -0.1) is 0 Å². The van der Waals surface area contributed by atoms with E-state index < -0.39 is 10.6 Å². The maximum absolute atomic E-state index is 13.0. The molecule has 0 aliphatic carbocycles. The van der Waals surface area contributed by atoms with Crippen LogP contribution < -0.4 is 0 Å². The normalized spacial score (nSPS) is 12.6. The van der Waals surface area contributed by atoms with Crippen molar-refractivity contribution in [1.29, 1.82) is 0 Å². The van der Waals surface area contributed by atoms with Crippen molar-refractivity contribution < 1.29 is 9.18 Å². The smallest absolute Gasteiger partial charge is 0.147 e. The molecule has 0 aliphatic rings. The van der Waals surface area contributed by atoms with Crippen LogP contribution in [0.2, 0.25) is 0 Å². The molecule has 0 spiro atoms. The van der Waals surface area contributed by atoms with Crippen molar-refractivity contribution in [2.24, 2.45) is 0 Å². The van der Waals surface area contributed by atoms with Crippen molar-refractivity contribution in [3.63, 3.8) is 0 Å². The van der Waals surface area contributed by atoms with Crippen LogP contribution in [0.1, 0.15) is 10.5 Å². The molecule has 1 aromatic heterocycles. The fraction of sp³-hybridized carbons (Fsp3) is 0.143. The Kier molecular flexibility index (Phi) is 3.34. The van der Waals surface area contributed by atoms with Crippen molar-refractivity contribution in [2.75, 3.05) is 0 Å². The number of nitrogens with zero attached hydrogens (tertiary/aromatic N) is 1. The van der Waals surface area contributed by atoms with E-state index in [9.17, 15) is 9.18 Å². The van der Waals surface area contributed by atoms with Crippen molar-refractivity contribution in [2.45, 2.75) is 4.83 Å². The quantitative estimate of drug-likeness (QED) is 0.620. The largest absolute Gasteiger partial charge is 0.302 e. The highest BCUT2D eigenvalue weighted by molar-refractivity contribution is 9.10. The Hall–Kier alpha value is -0.290. The van der Waals surface area contributed by atoms with Crippen molar-refractivity contribution in [3.8, 4) is 0 Å². The molecular formula is C7H4Br2FNO. The Labute approximate surface area is 85.4 Å². The lowest BCUT2D eigenvalue weighted by Crippen LogP contribution is -1.98. The molecule has 1 heterocycles. The molecule has 1 rings (SSSR count). The topological polar surface area (TPSA) is 30.0 Å². The van der Waals surface area contributed by atoms with Crippen LogP contribution in [0.3, 0.4) is 0 Å². The van der Waals surface area contributed by atoms with Crippen molar-refractivity contribution >= 4 is 38.1 Å². The molecule has 0 amide bonds. The Morgan fingerprint density at radius 2 is 2.33 bits per heavy atom. The average Bonchev–Trinajstić information content (AvgIpc) is 2.03. The van der Waals surface area contributed by atoms with Gasteiger partial charge >= 0.3 is 0 Å². The first-order valence-corrected chi connectivity index (χ1v) is 4.76. The summed E-state index contributed by atoms with van der Waals surface area (Å²) in [4.78, 5) is 13.4. The molecule has 0 bridgehead atoms. The van der Waals surface area contributed by atoms with Crippen LogP contribution >= 0.6 is 31.9 Å². The van der Waals surface area contributed by atoms with Crippen LogP contribution in [0.25, 0.3) is 0 Å². The zero-order chi connectivity index (χ0) is 9.14. The van der Waals surface area contributed by atoms with Crippen LogP contribution in [0.4, 0.5) is 4.39 Å². The van der Waals surface area contributed by atoms with Gasteiger partial charge in [0.1, 0.15) is 16.9 Å². The summed E-state index contributed by atoms with van der Waals surface area (Å²) >= 11 is 6.04. The van der Waals surface area contributed by atoms with Gasteiger partial charge in [0.2, 0.25) is 0 Å². The van der Waals surface area contributed by atoms with Gasteiger partial charge in [-0.1, -0.05) is 15.9 Å². The molecule has 1 aromatic rings. The fourth-order valence-electron chi connectivity index (χ4n) is 0.693. The second-order valence-corrected chi connectivity index (χ2v) is 3.96. The first-order valence-electron chi connectivity index (χ1n) is 3.05. The van der Waals surface area contributed by atoms with E-state index in [-0.39, 0.29) is 5.69 Å². The van der Waals surface area contributed by atoms with Crippen molar-refractivity contribution in [3.05, 3.63) is 28.2 Å². The Balaban J connectivity index is 3.09. The van der Waals surface area contributed by atoms with Crippen LogP contribution in [0.5, 0.6) is 0 Å². The molecule has 5 heteroatoms. The van der Waals surface area contributed by atoms with Crippen molar-refractivity contribution in [1.82, 2.24) is 4.98 Å². The molecule has 0 saturated carbocycles. The van der Waals surface area contributed by atoms with Gasteiger partial charge in [-0.05, 0) is 22.0 Å². The van der Waals surface area contributed by atoms with Gasteiger partial charge in [0.05, 0.1) is 5.69 Å². The van der Waals surface area contributed by atoms with E-state index in [0.717, 1.165) is 0 Å². The molecule has 0 saturated heterocycles. The Morgan fingerprint density at radius 1 is 1.67 bits per heavy atom. The minimum Gasteiger partial charge on any atom is -0.302 e. The zero-order valence-corrected chi connectivity index (χ0v) is 8.97. The van der Waals surface area contributed by atoms with Gasteiger partial charge in [0.15, 0.2) is 0 Å². The number of carbonyl (C=O) groups excluding carboxylic acids is 1. The molecule has 0 N–H and O–H groups in total. The summed E-state index contributed by atoms with van der Waals surface area (Å²) in [5.74, 6) is -0.502. The third-order valence-corrected chi connectivity index (χ3v) is 2.30. The summed E-state index contributed by atoms with van der Waals surface area (Å²) in [5.41, 5.74) is 0.105. The first-order chi connectivity index (χ1) is 5.65. The molecule has 2 nitrogen and oxygen atoms in total. The number of rotatable bonds is 2. The van der Waals surface area contributed by atoms with E-state index in [4.69, 9.17) is 0 Å². The summed E-state index contributed by atoms with van der Waals surface area (Å²) in [6.07, 6.45) is 2.02. The summed E-state index contributed by atoms with van der Waals surface area (Å²) in [6, 6.07) is 1.26. The third kappa shape index (κ3) is 2.10. The van der Waals surface area contributed by atoms with Gasteiger partial charge in [0.25, 0.3) is 0 Å². The maximum atomic E-state index is 13.0. The molecule has 0 aromatic carbocycles. The van der Waals surface area contributed by atoms with Crippen LogP contribution in [-0.2, 0) is 4.79 Å². The van der Waals surface area contributed by atoms with E-state index in [0.29, 0.717) is 10.8 Å². The number of halogens is 3. The fourth-order valence-corrected chi connectivity index (χ4v) is 1.33. The first kappa shape index (κ1) is 9.80. The lowest BCUT2D eigenvalue weighted by Gasteiger charge is -2.02. The van der Waals surface area contributed by atoms with Crippen LogP contribution in [0, 0.1) is 5.82 Å². The van der Waals surface area contributed by atoms with Crippen LogP contribution in [-0.4, -0.2) is 11.3 Å². The predicted molar refractivity (Wildman–Crippen MR) is 49.6 cm³/mol. The lowest BCUT2D eigenvalue weighted by atomic mass is 10.3. The van der Waals surface area contributed by atoms with Crippen LogP contribution in [0.15, 0.2) is 16.7 Å². The summed E-state index contributed by atoms with van der Waals surface area (Å²) in [7, 11) is 0. The number of aldehydes is 1. The SMILES string of the molecule is O=CC(Br)c1ncc(Br)cc1F. The number of aromatic nitrogens is 1. The highest BCUT2D eigenvalue weighted by atomic mass is 79.9. The lowest BCUT2D eigenvalue weighted by molar-refractivity contribution is -0.107. The number of pyridine rings is 1. The molecule has 0 fully saturated rings. The summed E-state index contributed by atoms with van der Waals surface area (Å²) < 4.78 is 13.6. The van der Waals surface area contributed by atoms with Gasteiger partial charge in [-0.2, -0.15) is 0 Å². The number of hydrogen-bond acceptors (Lipinski definition) is 2. The van der Waals surface area contributed by atoms with Gasteiger partial charge in [-0.25, -0.2) is 4.39 Å². The van der Waals surface area contributed by atoms with Gasteiger partial charge < -0.3 is 4.79 Å². The van der Waals surface area contributed by atoms with E-state index in [1.54, 1.807) is 0 Å². The van der Waals surface area contributed by atoms with E-state index in [1.165, 1.54) is 12.3 Å². The maximum Gasteiger partial charge on any atom is 0.147 e. The molecule has 12 heavy (non-hydrogen) atoms. The molecule has 0 radical (unpaired) electrons. The molecular weight excluding hydrogens is 293 g/mol.